The number of rotatable bonds is 2. The highest BCUT2D eigenvalue weighted by Gasteiger charge is 2.09. The lowest BCUT2D eigenvalue weighted by molar-refractivity contribution is 0.262. The Morgan fingerprint density at radius 2 is 1.73 bits per heavy atom. The largest absolute Gasteiger partial charge is 0.323 e. The highest BCUT2D eigenvalue weighted by atomic mass is 35.5. The van der Waals surface area contributed by atoms with E-state index in [-0.39, 0.29) is 0 Å². The molecular formula is C16H11Cl2N3O. The van der Waals surface area contributed by atoms with Crippen LogP contribution in [-0.4, -0.2) is 11.0 Å². The van der Waals surface area contributed by atoms with Gasteiger partial charge >= 0.3 is 6.03 Å². The van der Waals surface area contributed by atoms with Gasteiger partial charge in [0.05, 0.1) is 21.9 Å². The van der Waals surface area contributed by atoms with Crippen molar-refractivity contribution in [3.8, 4) is 0 Å². The molecule has 0 aliphatic rings. The van der Waals surface area contributed by atoms with Crippen molar-refractivity contribution >= 4 is 51.5 Å². The summed E-state index contributed by atoms with van der Waals surface area (Å²) in [4.78, 5) is 16.4. The summed E-state index contributed by atoms with van der Waals surface area (Å²) in [6, 6.07) is 13.8. The van der Waals surface area contributed by atoms with Gasteiger partial charge in [-0.15, -0.1) is 0 Å². The van der Waals surface area contributed by atoms with E-state index in [1.165, 1.54) is 0 Å². The molecule has 1 heterocycles. The summed E-state index contributed by atoms with van der Waals surface area (Å²) in [7, 11) is 0. The molecule has 2 amide bonds. The molecule has 2 aromatic carbocycles. The summed E-state index contributed by atoms with van der Waals surface area (Å²) in [5, 5.41) is 7.28. The van der Waals surface area contributed by atoms with Crippen LogP contribution in [0.1, 0.15) is 0 Å². The maximum absolute atomic E-state index is 12.1. The van der Waals surface area contributed by atoms with E-state index in [2.05, 4.69) is 15.6 Å². The van der Waals surface area contributed by atoms with E-state index in [9.17, 15) is 4.79 Å². The van der Waals surface area contributed by atoms with Gasteiger partial charge in [0.1, 0.15) is 0 Å². The highest BCUT2D eigenvalue weighted by molar-refractivity contribution is 6.36. The fraction of sp³-hybridized carbons (Fsp3) is 0. The molecule has 4 nitrogen and oxygen atoms in total. The predicted octanol–water partition coefficient (Wildman–Crippen LogP) is 5.19. The smallest absolute Gasteiger partial charge is 0.306 e. The average molecular weight is 332 g/mol. The third-order valence-corrected chi connectivity index (χ3v) is 3.61. The van der Waals surface area contributed by atoms with E-state index in [1.807, 2.05) is 24.3 Å². The monoisotopic (exact) mass is 331 g/mol. The van der Waals surface area contributed by atoms with Gasteiger partial charge in [0.2, 0.25) is 0 Å². The van der Waals surface area contributed by atoms with E-state index in [4.69, 9.17) is 23.2 Å². The number of carbonyl (C=O) groups excluding carboxylic acids is 1. The number of nitrogens with one attached hydrogen (secondary N) is 2. The van der Waals surface area contributed by atoms with E-state index < -0.39 is 6.03 Å². The molecule has 110 valence electrons. The molecule has 0 radical (unpaired) electrons. The normalized spacial score (nSPS) is 10.5. The topological polar surface area (TPSA) is 54.0 Å². The molecule has 1 aromatic heterocycles. The summed E-state index contributed by atoms with van der Waals surface area (Å²) in [6.45, 7) is 0. The molecule has 0 spiro atoms. The van der Waals surface area contributed by atoms with Crippen LogP contribution < -0.4 is 10.6 Å². The lowest BCUT2D eigenvalue weighted by Crippen LogP contribution is -2.19. The number of aromatic nitrogens is 1. The first-order valence-electron chi connectivity index (χ1n) is 6.50. The minimum absolute atomic E-state index is 0.374. The number of anilines is 2. The quantitative estimate of drug-likeness (QED) is 0.679. The minimum Gasteiger partial charge on any atom is -0.306 e. The van der Waals surface area contributed by atoms with Crippen molar-refractivity contribution in [3.05, 3.63) is 64.8 Å². The molecule has 3 rings (SSSR count). The van der Waals surface area contributed by atoms with Crippen molar-refractivity contribution < 1.29 is 4.79 Å². The van der Waals surface area contributed by atoms with Crippen molar-refractivity contribution in [2.24, 2.45) is 0 Å². The van der Waals surface area contributed by atoms with Gasteiger partial charge < -0.3 is 10.6 Å². The van der Waals surface area contributed by atoms with E-state index >= 15 is 0 Å². The zero-order valence-corrected chi connectivity index (χ0v) is 12.8. The molecule has 2 N–H and O–H groups in total. The highest BCUT2D eigenvalue weighted by Crippen LogP contribution is 2.26. The first kappa shape index (κ1) is 14.6. The first-order valence-corrected chi connectivity index (χ1v) is 7.26. The standard InChI is InChI=1S/C16H11Cl2N3O/c17-11-6-7-13(12(18)9-11)20-16(22)21-14-5-1-3-10-4-2-8-19-15(10)14/h1-9H,(H2,20,21,22). The predicted molar refractivity (Wildman–Crippen MR) is 90.8 cm³/mol. The Hall–Kier alpha value is -2.30. The van der Waals surface area contributed by atoms with Crippen molar-refractivity contribution in [1.82, 2.24) is 4.98 Å². The van der Waals surface area contributed by atoms with Crippen LogP contribution in [0.15, 0.2) is 54.7 Å². The van der Waals surface area contributed by atoms with E-state index in [0.717, 1.165) is 10.9 Å². The van der Waals surface area contributed by atoms with Gasteiger partial charge in [-0.05, 0) is 30.3 Å². The van der Waals surface area contributed by atoms with Crippen molar-refractivity contribution in [3.63, 3.8) is 0 Å². The summed E-state index contributed by atoms with van der Waals surface area (Å²) in [5.74, 6) is 0. The average Bonchev–Trinajstić information content (AvgIpc) is 2.50. The molecule has 0 atom stereocenters. The number of urea groups is 1. The lowest BCUT2D eigenvalue weighted by atomic mass is 10.2. The number of hydrogen-bond donors (Lipinski definition) is 2. The first-order chi connectivity index (χ1) is 10.6. The number of fused-ring (bicyclic) bond motifs is 1. The van der Waals surface area contributed by atoms with Gasteiger partial charge in [0.15, 0.2) is 0 Å². The molecule has 6 heteroatoms. The molecule has 0 aliphatic carbocycles. The molecular weight excluding hydrogens is 321 g/mol. The Morgan fingerprint density at radius 1 is 0.955 bits per heavy atom. The number of halogens is 2. The fourth-order valence-corrected chi connectivity index (χ4v) is 2.53. The van der Waals surface area contributed by atoms with Crippen LogP contribution in [0.3, 0.4) is 0 Å². The van der Waals surface area contributed by atoms with Gasteiger partial charge in [-0.3, -0.25) is 4.98 Å². The molecule has 0 saturated heterocycles. The van der Waals surface area contributed by atoms with Crippen LogP contribution in [-0.2, 0) is 0 Å². The number of hydrogen-bond acceptors (Lipinski definition) is 2. The van der Waals surface area contributed by atoms with Gasteiger partial charge in [0.25, 0.3) is 0 Å². The maximum Gasteiger partial charge on any atom is 0.323 e. The van der Waals surface area contributed by atoms with Gasteiger partial charge in [-0.25, -0.2) is 4.79 Å². The van der Waals surface area contributed by atoms with Crippen molar-refractivity contribution in [2.75, 3.05) is 10.6 Å². The van der Waals surface area contributed by atoms with Crippen LogP contribution in [0.5, 0.6) is 0 Å². The second kappa shape index (κ2) is 6.22. The molecule has 0 unspecified atom stereocenters. The molecule has 0 saturated carbocycles. The molecule has 0 fully saturated rings. The van der Waals surface area contributed by atoms with Crippen molar-refractivity contribution in [2.45, 2.75) is 0 Å². The molecule has 22 heavy (non-hydrogen) atoms. The zero-order chi connectivity index (χ0) is 15.5. The maximum atomic E-state index is 12.1. The van der Waals surface area contributed by atoms with Gasteiger partial charge in [0, 0.05) is 16.6 Å². The molecule has 0 aliphatic heterocycles. The minimum atomic E-state index is -0.401. The lowest BCUT2D eigenvalue weighted by Gasteiger charge is -2.10. The summed E-state index contributed by atoms with van der Waals surface area (Å²) in [5.41, 5.74) is 1.83. The second-order valence-electron chi connectivity index (χ2n) is 4.58. The number of carbonyl (C=O) groups is 1. The van der Waals surface area contributed by atoms with Gasteiger partial charge in [-0.1, -0.05) is 41.4 Å². The number of benzene rings is 2. The third-order valence-electron chi connectivity index (χ3n) is 3.06. The van der Waals surface area contributed by atoms with Crippen LogP contribution in [0, 0.1) is 0 Å². The zero-order valence-electron chi connectivity index (χ0n) is 11.3. The Bertz CT molecular complexity index is 846. The third kappa shape index (κ3) is 3.13. The Balaban J connectivity index is 1.81. The SMILES string of the molecule is O=C(Nc1ccc(Cl)cc1Cl)Nc1cccc2cccnc12. The number of amides is 2. The van der Waals surface area contributed by atoms with E-state index in [1.54, 1.807) is 30.5 Å². The Labute approximate surface area is 137 Å². The van der Waals surface area contributed by atoms with Crippen LogP contribution in [0.2, 0.25) is 10.0 Å². The van der Waals surface area contributed by atoms with E-state index in [0.29, 0.717) is 21.4 Å². The van der Waals surface area contributed by atoms with Crippen LogP contribution in [0.4, 0.5) is 16.2 Å². The van der Waals surface area contributed by atoms with Crippen LogP contribution >= 0.6 is 23.2 Å². The molecule has 0 bridgehead atoms. The summed E-state index contributed by atoms with van der Waals surface area (Å²) < 4.78 is 0. The number of para-hydroxylation sites is 1. The molecule has 3 aromatic rings. The Morgan fingerprint density at radius 3 is 2.55 bits per heavy atom. The summed E-state index contributed by atoms with van der Waals surface area (Å²) in [6.07, 6.45) is 1.68. The van der Waals surface area contributed by atoms with Crippen molar-refractivity contribution in [1.29, 1.82) is 0 Å². The second-order valence-corrected chi connectivity index (χ2v) is 5.43. The summed E-state index contributed by atoms with van der Waals surface area (Å²) >= 11 is 11.9. The Kier molecular flexibility index (Phi) is 4.13. The van der Waals surface area contributed by atoms with Gasteiger partial charge in [-0.2, -0.15) is 0 Å². The number of pyridine rings is 1. The fourth-order valence-electron chi connectivity index (χ4n) is 2.07. The van der Waals surface area contributed by atoms with Crippen LogP contribution in [0.25, 0.3) is 10.9 Å². The number of nitrogens with zero attached hydrogens (tertiary/aromatic N) is 1.